The molecule has 0 saturated carbocycles. The van der Waals surface area contributed by atoms with Crippen molar-refractivity contribution in [3.05, 3.63) is 54.1 Å². The van der Waals surface area contributed by atoms with Crippen molar-refractivity contribution >= 4 is 22.6 Å². The van der Waals surface area contributed by atoms with Gasteiger partial charge in [-0.1, -0.05) is 48.0 Å². The van der Waals surface area contributed by atoms with Crippen LogP contribution in [0.1, 0.15) is 5.56 Å². The number of halogens is 1. The van der Waals surface area contributed by atoms with Crippen molar-refractivity contribution in [1.29, 1.82) is 0 Å². The molecule has 1 aliphatic rings. The fraction of sp³-hybridized carbons (Fsp3) is 0.154. The van der Waals surface area contributed by atoms with E-state index >= 15 is 0 Å². The minimum absolute atomic E-state index is 0.111. The largest absolute Gasteiger partial charge is 0.461 e. The summed E-state index contributed by atoms with van der Waals surface area (Å²) in [5.41, 5.74) is 1.33. The number of hydrogen-bond acceptors (Lipinski definition) is 2. The normalized spacial score (nSPS) is 22.8. The van der Waals surface area contributed by atoms with E-state index in [-0.39, 0.29) is 11.9 Å². The molecular weight excluding hydrogens is 224 g/mol. The second-order valence-electron chi connectivity index (χ2n) is 3.53. The van der Waals surface area contributed by atoms with Gasteiger partial charge in [0.1, 0.15) is 6.61 Å². The van der Waals surface area contributed by atoms with E-state index in [1.165, 1.54) is 0 Å². The van der Waals surface area contributed by atoms with Gasteiger partial charge >= 0.3 is 5.97 Å². The van der Waals surface area contributed by atoms with Crippen LogP contribution in [0.15, 0.2) is 48.6 Å². The molecule has 1 aromatic carbocycles. The first-order valence-electron chi connectivity index (χ1n) is 4.99. The lowest BCUT2D eigenvalue weighted by Crippen LogP contribution is -2.02. The Morgan fingerprint density at radius 2 is 2.12 bits per heavy atom. The predicted molar refractivity (Wildman–Crippen MR) is 63.9 cm³/mol. The van der Waals surface area contributed by atoms with Gasteiger partial charge in [0.25, 0.3) is 0 Å². The summed E-state index contributed by atoms with van der Waals surface area (Å²) in [5.74, 6) is -0.459. The van der Waals surface area contributed by atoms with E-state index in [0.29, 0.717) is 17.2 Å². The van der Waals surface area contributed by atoms with Crippen molar-refractivity contribution in [2.24, 2.45) is 5.92 Å². The maximum absolute atomic E-state index is 11.5. The molecule has 0 amide bonds. The third-order valence-corrected chi connectivity index (χ3v) is 2.95. The van der Waals surface area contributed by atoms with Gasteiger partial charge in [-0.25, -0.2) is 4.79 Å². The first-order valence-corrected chi connectivity index (χ1v) is 5.36. The second kappa shape index (κ2) is 4.54. The van der Waals surface area contributed by atoms with Crippen LogP contribution in [0.4, 0.5) is 0 Å². The number of hydrogen-bond donors (Lipinski definition) is 0. The van der Waals surface area contributed by atoms with Gasteiger partial charge in [0.15, 0.2) is 0 Å². The van der Waals surface area contributed by atoms with E-state index in [1.54, 1.807) is 6.08 Å². The third-order valence-electron chi connectivity index (χ3n) is 2.53. The first kappa shape index (κ1) is 11.0. The van der Waals surface area contributed by atoms with Gasteiger partial charge in [0, 0.05) is 5.92 Å². The summed E-state index contributed by atoms with van der Waals surface area (Å²) in [6.07, 6.45) is 1.69. The lowest BCUT2D eigenvalue weighted by atomic mass is 10.00. The monoisotopic (exact) mass is 234 g/mol. The molecule has 1 aliphatic heterocycles. The number of cyclic esters (lactones) is 1. The Labute approximate surface area is 99.2 Å². The first-order chi connectivity index (χ1) is 7.74. The Balaban J connectivity index is 2.47. The van der Waals surface area contributed by atoms with Gasteiger partial charge < -0.3 is 4.74 Å². The van der Waals surface area contributed by atoms with Gasteiger partial charge in [-0.2, -0.15) is 0 Å². The molecule has 1 aromatic rings. The van der Waals surface area contributed by atoms with Crippen molar-refractivity contribution in [1.82, 2.24) is 0 Å². The maximum atomic E-state index is 11.5. The highest BCUT2D eigenvalue weighted by molar-refractivity contribution is 6.51. The summed E-state index contributed by atoms with van der Waals surface area (Å²) in [6.45, 7) is 4.01. The van der Waals surface area contributed by atoms with Crippen LogP contribution in [0.2, 0.25) is 0 Å². The summed E-state index contributed by atoms with van der Waals surface area (Å²) < 4.78 is 4.96. The molecule has 0 spiro atoms. The number of carbonyl (C=O) groups excluding carboxylic acids is 1. The summed E-state index contributed by atoms with van der Waals surface area (Å²) in [7, 11) is 0. The molecule has 82 valence electrons. The molecule has 0 radical (unpaired) electrons. The highest BCUT2D eigenvalue weighted by Crippen LogP contribution is 2.32. The smallest absolute Gasteiger partial charge is 0.336 e. The maximum Gasteiger partial charge on any atom is 0.336 e. The van der Waals surface area contributed by atoms with Crippen molar-refractivity contribution < 1.29 is 9.53 Å². The molecule has 1 saturated heterocycles. The van der Waals surface area contributed by atoms with Crippen LogP contribution in [0.3, 0.4) is 0 Å². The molecule has 1 fully saturated rings. The molecule has 16 heavy (non-hydrogen) atoms. The molecule has 0 aliphatic carbocycles. The van der Waals surface area contributed by atoms with Crippen LogP contribution < -0.4 is 0 Å². The van der Waals surface area contributed by atoms with Crippen molar-refractivity contribution in [3.8, 4) is 0 Å². The molecule has 1 atom stereocenters. The Morgan fingerprint density at radius 3 is 2.75 bits per heavy atom. The molecule has 2 nitrogen and oxygen atoms in total. The van der Waals surface area contributed by atoms with Gasteiger partial charge in [0.2, 0.25) is 0 Å². The van der Waals surface area contributed by atoms with Crippen molar-refractivity contribution in [2.75, 3.05) is 6.61 Å². The number of carbonyl (C=O) groups is 1. The molecule has 2 rings (SSSR count). The predicted octanol–water partition coefficient (Wildman–Crippen LogP) is 3.00. The highest BCUT2D eigenvalue weighted by Gasteiger charge is 2.31. The summed E-state index contributed by atoms with van der Waals surface area (Å²) >= 11 is 6.21. The van der Waals surface area contributed by atoms with Crippen LogP contribution >= 0.6 is 11.6 Å². The van der Waals surface area contributed by atoms with Crippen LogP contribution in [-0.2, 0) is 9.53 Å². The average Bonchev–Trinajstić information content (AvgIpc) is 2.70. The number of benzene rings is 1. The number of ether oxygens (including phenoxy) is 1. The van der Waals surface area contributed by atoms with Gasteiger partial charge in [-0.15, -0.1) is 6.58 Å². The molecule has 0 bridgehead atoms. The minimum atomic E-state index is -0.348. The SMILES string of the molecule is C=CC1COC(=O)/C1=C(/Cl)c1ccccc1. The van der Waals surface area contributed by atoms with E-state index in [9.17, 15) is 4.79 Å². The standard InChI is InChI=1S/C13H11ClO2/c1-2-9-8-16-13(15)11(9)12(14)10-6-4-3-5-7-10/h2-7,9H,1,8H2/b12-11+. The Bertz CT molecular complexity index is 448. The quantitative estimate of drug-likeness (QED) is 0.447. The molecular formula is C13H11ClO2. The summed E-state index contributed by atoms with van der Waals surface area (Å²) in [5, 5.41) is 0.452. The number of esters is 1. The van der Waals surface area contributed by atoms with Crippen LogP contribution in [0.25, 0.3) is 5.03 Å². The Kier molecular flexibility index (Phi) is 3.11. The van der Waals surface area contributed by atoms with Crippen LogP contribution in [0.5, 0.6) is 0 Å². The Morgan fingerprint density at radius 1 is 1.44 bits per heavy atom. The van der Waals surface area contributed by atoms with E-state index in [4.69, 9.17) is 16.3 Å². The van der Waals surface area contributed by atoms with Gasteiger partial charge in [-0.3, -0.25) is 0 Å². The third kappa shape index (κ3) is 1.89. The van der Waals surface area contributed by atoms with Gasteiger partial charge in [0.05, 0.1) is 10.6 Å². The molecule has 0 aromatic heterocycles. The van der Waals surface area contributed by atoms with Crippen molar-refractivity contribution in [2.45, 2.75) is 0 Å². The fourth-order valence-corrected chi connectivity index (χ4v) is 2.00. The fourth-order valence-electron chi connectivity index (χ4n) is 1.66. The summed E-state index contributed by atoms with van der Waals surface area (Å²) in [6, 6.07) is 9.38. The molecule has 1 unspecified atom stereocenters. The van der Waals surface area contributed by atoms with Gasteiger partial charge in [-0.05, 0) is 5.56 Å². The van der Waals surface area contributed by atoms with E-state index < -0.39 is 0 Å². The lowest BCUT2D eigenvalue weighted by molar-refractivity contribution is -0.135. The van der Waals surface area contributed by atoms with E-state index in [0.717, 1.165) is 5.56 Å². The van der Waals surface area contributed by atoms with Crippen molar-refractivity contribution in [3.63, 3.8) is 0 Å². The Hall–Kier alpha value is -1.54. The van der Waals surface area contributed by atoms with E-state index in [1.807, 2.05) is 30.3 Å². The average molecular weight is 235 g/mol. The zero-order chi connectivity index (χ0) is 11.5. The van der Waals surface area contributed by atoms with Crippen LogP contribution in [0, 0.1) is 5.92 Å². The zero-order valence-corrected chi connectivity index (χ0v) is 9.41. The summed E-state index contributed by atoms with van der Waals surface area (Å²) in [4.78, 5) is 11.5. The number of rotatable bonds is 2. The molecule has 3 heteroatoms. The highest BCUT2D eigenvalue weighted by atomic mass is 35.5. The zero-order valence-electron chi connectivity index (χ0n) is 8.65. The lowest BCUT2D eigenvalue weighted by Gasteiger charge is -2.05. The van der Waals surface area contributed by atoms with Crippen LogP contribution in [-0.4, -0.2) is 12.6 Å². The molecule has 0 N–H and O–H groups in total. The minimum Gasteiger partial charge on any atom is -0.461 e. The molecule has 1 heterocycles. The second-order valence-corrected chi connectivity index (χ2v) is 3.91. The topological polar surface area (TPSA) is 26.3 Å². The van der Waals surface area contributed by atoms with E-state index in [2.05, 4.69) is 6.58 Å².